The van der Waals surface area contributed by atoms with Gasteiger partial charge in [-0.2, -0.15) is 8.78 Å². The molecule has 3 fully saturated rings. The first kappa shape index (κ1) is 24.9. The molecule has 0 aliphatic carbocycles. The lowest BCUT2D eigenvalue weighted by molar-refractivity contribution is -0.217. The van der Waals surface area contributed by atoms with Crippen LogP contribution in [0.15, 0.2) is 52.9 Å². The van der Waals surface area contributed by atoms with Crippen molar-refractivity contribution in [2.24, 2.45) is 11.1 Å². The predicted molar refractivity (Wildman–Crippen MR) is 131 cm³/mol. The maximum absolute atomic E-state index is 15.5. The number of carbonyl (C=O) groups is 1. The number of urea groups is 1. The molecule has 3 aliphatic rings. The second kappa shape index (κ2) is 8.53. The molecule has 0 saturated carbocycles. The highest BCUT2D eigenvalue weighted by Gasteiger charge is 2.71. The SMILES string of the molecule is N=S1(=O)CC(N2CC3(C2)CN(C(N)=O)C3(Cc2ccc(-c3nnc(C(F)F)o3)cc2F)c2ccccc2)C1. The van der Waals surface area contributed by atoms with Gasteiger partial charge in [-0.3, -0.25) is 9.68 Å². The third kappa shape index (κ3) is 3.70. The molecular formula is C25H25F3N6O3S. The molecule has 2 aromatic carbocycles. The number of hydrogen-bond donors (Lipinski definition) is 2. The molecule has 9 nitrogen and oxygen atoms in total. The van der Waals surface area contributed by atoms with Gasteiger partial charge < -0.3 is 15.1 Å². The van der Waals surface area contributed by atoms with Gasteiger partial charge in [-0.25, -0.2) is 13.4 Å². The minimum absolute atomic E-state index is 0.0604. The molecule has 3 saturated heterocycles. The lowest BCUT2D eigenvalue weighted by atomic mass is 9.52. The Kier molecular flexibility index (Phi) is 5.58. The lowest BCUT2D eigenvalue weighted by Crippen LogP contribution is -2.85. The third-order valence-electron chi connectivity index (χ3n) is 8.14. The molecule has 0 bridgehead atoms. The van der Waals surface area contributed by atoms with E-state index < -0.39 is 44.8 Å². The van der Waals surface area contributed by atoms with Crippen LogP contribution in [0.5, 0.6) is 0 Å². The number of nitrogens with zero attached hydrogens (tertiary/aromatic N) is 4. The van der Waals surface area contributed by atoms with Crippen LogP contribution in [-0.2, 0) is 21.7 Å². The monoisotopic (exact) mass is 546 g/mol. The normalized spacial score (nSPS) is 28.1. The number of nitrogens with one attached hydrogen (secondary N) is 1. The largest absolute Gasteiger partial charge is 0.415 e. The number of primary amides is 1. The first-order chi connectivity index (χ1) is 18.0. The van der Waals surface area contributed by atoms with E-state index in [1.807, 2.05) is 30.3 Å². The summed E-state index contributed by atoms with van der Waals surface area (Å²) in [6.07, 6.45) is -2.80. The summed E-state index contributed by atoms with van der Waals surface area (Å²) in [5, 5.41) is 6.88. The Morgan fingerprint density at radius 2 is 1.87 bits per heavy atom. The maximum Gasteiger partial charge on any atom is 0.315 e. The van der Waals surface area contributed by atoms with Crippen LogP contribution < -0.4 is 5.73 Å². The number of carbonyl (C=O) groups excluding carboxylic acids is 1. The Morgan fingerprint density at radius 3 is 2.45 bits per heavy atom. The highest BCUT2D eigenvalue weighted by atomic mass is 32.2. The summed E-state index contributed by atoms with van der Waals surface area (Å²) in [4.78, 5) is 16.4. The molecule has 4 heterocycles. The van der Waals surface area contributed by atoms with Crippen molar-refractivity contribution in [3.63, 3.8) is 0 Å². The maximum atomic E-state index is 15.5. The number of halogens is 3. The van der Waals surface area contributed by atoms with Crippen LogP contribution in [0.2, 0.25) is 0 Å². The Bertz CT molecular complexity index is 1500. The lowest BCUT2D eigenvalue weighted by Gasteiger charge is -2.73. The van der Waals surface area contributed by atoms with Crippen LogP contribution in [0, 0.1) is 16.0 Å². The fourth-order valence-corrected chi connectivity index (χ4v) is 7.83. The molecule has 1 atom stereocenters. The van der Waals surface area contributed by atoms with Crippen molar-refractivity contribution in [3.8, 4) is 11.5 Å². The van der Waals surface area contributed by atoms with E-state index in [9.17, 15) is 17.8 Å². The van der Waals surface area contributed by atoms with Gasteiger partial charge in [-0.15, -0.1) is 10.2 Å². The second-order valence-electron chi connectivity index (χ2n) is 10.4. The second-order valence-corrected chi connectivity index (χ2v) is 12.7. The molecule has 3 N–H and O–H groups in total. The molecule has 1 aromatic heterocycles. The zero-order valence-corrected chi connectivity index (χ0v) is 21.0. The van der Waals surface area contributed by atoms with E-state index in [1.165, 1.54) is 12.1 Å². The highest BCUT2D eigenvalue weighted by Crippen LogP contribution is 2.61. The molecule has 13 heteroatoms. The van der Waals surface area contributed by atoms with Crippen molar-refractivity contribution in [2.75, 3.05) is 31.1 Å². The summed E-state index contributed by atoms with van der Waals surface area (Å²) in [6, 6.07) is 13.0. The van der Waals surface area contributed by atoms with E-state index in [4.69, 9.17) is 14.9 Å². The quantitative estimate of drug-likeness (QED) is 0.488. The van der Waals surface area contributed by atoms with E-state index in [-0.39, 0.29) is 23.9 Å². The van der Waals surface area contributed by atoms with E-state index in [1.54, 1.807) is 4.90 Å². The smallest absolute Gasteiger partial charge is 0.315 e. The van der Waals surface area contributed by atoms with Gasteiger partial charge in [0.2, 0.25) is 5.89 Å². The van der Waals surface area contributed by atoms with Crippen LogP contribution in [0.25, 0.3) is 11.5 Å². The molecule has 1 spiro atoms. The summed E-state index contributed by atoms with van der Waals surface area (Å²) in [5.41, 5.74) is 5.78. The molecule has 38 heavy (non-hydrogen) atoms. The topological polar surface area (TPSA) is 129 Å². The Morgan fingerprint density at radius 1 is 1.16 bits per heavy atom. The Hall–Kier alpha value is -3.45. The number of alkyl halides is 2. The minimum Gasteiger partial charge on any atom is -0.415 e. The van der Waals surface area contributed by atoms with Crippen molar-refractivity contribution in [1.29, 1.82) is 4.78 Å². The van der Waals surface area contributed by atoms with Crippen molar-refractivity contribution in [2.45, 2.75) is 24.4 Å². The van der Waals surface area contributed by atoms with Crippen LogP contribution in [-0.4, -0.2) is 67.4 Å². The van der Waals surface area contributed by atoms with Gasteiger partial charge in [-0.1, -0.05) is 36.4 Å². The average Bonchev–Trinajstić information content (AvgIpc) is 3.32. The number of benzene rings is 2. The van der Waals surface area contributed by atoms with Crippen molar-refractivity contribution < 1.29 is 26.6 Å². The van der Waals surface area contributed by atoms with E-state index in [0.29, 0.717) is 36.7 Å². The van der Waals surface area contributed by atoms with Gasteiger partial charge in [0.15, 0.2) is 0 Å². The summed E-state index contributed by atoms with van der Waals surface area (Å²) >= 11 is 0. The van der Waals surface area contributed by atoms with Gasteiger partial charge >= 0.3 is 12.5 Å². The van der Waals surface area contributed by atoms with Gasteiger partial charge in [0.05, 0.1) is 5.54 Å². The number of rotatable bonds is 6. The number of likely N-dealkylation sites (tertiary alicyclic amines) is 2. The molecule has 3 aliphatic heterocycles. The predicted octanol–water partition coefficient (Wildman–Crippen LogP) is 3.38. The minimum atomic E-state index is -2.93. The van der Waals surface area contributed by atoms with E-state index in [0.717, 1.165) is 11.6 Å². The molecule has 200 valence electrons. The molecular weight excluding hydrogens is 521 g/mol. The summed E-state index contributed by atoms with van der Waals surface area (Å²) in [7, 11) is -2.50. The Balaban J connectivity index is 1.35. The standard InChI is InChI=1S/C25H25F3N6O3S/c26-19-8-15(21-31-32-22(37-21)20(27)28)6-7-16(19)9-25(17-4-2-1-3-5-17)24(14-34(25)23(29)35)12-33(13-24)18-10-38(30,36)11-18/h1-8,18,20,30H,9-14H2,(H2,29,35). The number of aromatic nitrogens is 2. The van der Waals surface area contributed by atoms with Crippen molar-refractivity contribution >= 4 is 15.8 Å². The molecule has 6 rings (SSSR count). The zero-order chi connectivity index (χ0) is 26.9. The number of amides is 2. The molecule has 0 radical (unpaired) electrons. The Labute approximate surface area is 216 Å². The van der Waals surface area contributed by atoms with Crippen LogP contribution in [0.1, 0.15) is 23.4 Å². The number of nitrogens with two attached hydrogens (primary N) is 1. The summed E-state index contributed by atoms with van der Waals surface area (Å²) < 4.78 is 65.9. The zero-order valence-electron chi connectivity index (χ0n) is 20.1. The van der Waals surface area contributed by atoms with Crippen LogP contribution in [0.3, 0.4) is 0 Å². The van der Waals surface area contributed by atoms with Gasteiger partial charge in [0.25, 0.3) is 5.89 Å². The van der Waals surface area contributed by atoms with Crippen LogP contribution >= 0.6 is 0 Å². The summed E-state index contributed by atoms with van der Waals surface area (Å²) in [5.74, 6) is -1.00. The van der Waals surface area contributed by atoms with Crippen molar-refractivity contribution in [1.82, 2.24) is 20.0 Å². The summed E-state index contributed by atoms with van der Waals surface area (Å²) in [6.45, 7) is 1.60. The third-order valence-corrected chi connectivity index (χ3v) is 9.99. The molecule has 2 amide bonds. The van der Waals surface area contributed by atoms with E-state index in [2.05, 4.69) is 15.1 Å². The van der Waals surface area contributed by atoms with E-state index >= 15 is 4.39 Å². The van der Waals surface area contributed by atoms with Gasteiger partial charge in [-0.05, 0) is 23.3 Å². The van der Waals surface area contributed by atoms with Gasteiger partial charge in [0.1, 0.15) is 5.82 Å². The fraction of sp³-hybridized carbons (Fsp3) is 0.400. The highest BCUT2D eigenvalue weighted by molar-refractivity contribution is 7.93. The molecule has 3 aromatic rings. The van der Waals surface area contributed by atoms with Gasteiger partial charge in [0, 0.05) is 64.3 Å². The first-order valence-corrected chi connectivity index (χ1v) is 13.9. The van der Waals surface area contributed by atoms with Crippen molar-refractivity contribution in [3.05, 3.63) is 71.4 Å². The molecule has 1 unspecified atom stereocenters. The average molecular weight is 547 g/mol. The van der Waals surface area contributed by atoms with Crippen LogP contribution in [0.4, 0.5) is 18.0 Å². The first-order valence-electron chi connectivity index (χ1n) is 12.0. The fourth-order valence-electron chi connectivity index (χ4n) is 6.26. The number of hydrogen-bond acceptors (Lipinski definition) is 7.